The van der Waals surface area contributed by atoms with Crippen LogP contribution in [0.5, 0.6) is 0 Å². The zero-order valence-corrected chi connectivity index (χ0v) is 15.2. The molecule has 1 heterocycles. The number of hydrogen-bond donors (Lipinski definition) is 2. The van der Waals surface area contributed by atoms with Gasteiger partial charge in [0.15, 0.2) is 0 Å². The minimum Gasteiger partial charge on any atom is -0.313 e. The van der Waals surface area contributed by atoms with E-state index in [1.54, 1.807) is 24.3 Å². The van der Waals surface area contributed by atoms with Crippen LogP contribution in [0.1, 0.15) is 12.5 Å². The molecule has 0 unspecified atom stereocenters. The lowest BCUT2D eigenvalue weighted by Gasteiger charge is -2.09. The van der Waals surface area contributed by atoms with Crippen molar-refractivity contribution in [3.8, 4) is 0 Å². The summed E-state index contributed by atoms with van der Waals surface area (Å²) in [4.78, 5) is 0. The molecule has 21 heavy (non-hydrogen) atoms. The second-order valence-corrected chi connectivity index (χ2v) is 8.28. The molecule has 0 aliphatic rings. The van der Waals surface area contributed by atoms with Crippen LogP contribution in [-0.2, 0) is 16.6 Å². The predicted molar refractivity (Wildman–Crippen MR) is 91.7 cm³/mol. The standard InChI is InChI=1S/C13H14BrClN2O2S2/c1-2-16-7-9-6-12(20-8-9)21(18,19)17-11-5-3-4-10(15)13(11)14/h3-6,8,16-17H,2,7H2,1H3. The molecule has 8 heteroatoms. The zero-order valence-electron chi connectivity index (χ0n) is 11.2. The highest BCUT2D eigenvalue weighted by Crippen LogP contribution is 2.32. The van der Waals surface area contributed by atoms with Crippen LogP contribution < -0.4 is 10.0 Å². The lowest BCUT2D eigenvalue weighted by Crippen LogP contribution is -2.13. The van der Waals surface area contributed by atoms with Crippen LogP contribution in [0.4, 0.5) is 5.69 Å². The quantitative estimate of drug-likeness (QED) is 0.756. The molecular formula is C13H14BrClN2O2S2. The molecule has 0 bridgehead atoms. The monoisotopic (exact) mass is 408 g/mol. The largest absolute Gasteiger partial charge is 0.313 e. The third-order valence-electron chi connectivity index (χ3n) is 2.67. The Morgan fingerprint density at radius 2 is 2.14 bits per heavy atom. The van der Waals surface area contributed by atoms with E-state index in [1.807, 2.05) is 12.3 Å². The van der Waals surface area contributed by atoms with Crippen molar-refractivity contribution in [2.75, 3.05) is 11.3 Å². The van der Waals surface area contributed by atoms with Gasteiger partial charge in [-0.15, -0.1) is 11.3 Å². The normalized spacial score (nSPS) is 11.6. The maximum Gasteiger partial charge on any atom is 0.271 e. The van der Waals surface area contributed by atoms with Crippen molar-refractivity contribution in [2.24, 2.45) is 0 Å². The molecule has 2 aromatic rings. The van der Waals surface area contributed by atoms with Crippen LogP contribution in [-0.4, -0.2) is 15.0 Å². The van der Waals surface area contributed by atoms with Gasteiger partial charge < -0.3 is 5.32 Å². The van der Waals surface area contributed by atoms with E-state index in [0.717, 1.165) is 12.1 Å². The Morgan fingerprint density at radius 3 is 2.86 bits per heavy atom. The van der Waals surface area contributed by atoms with Gasteiger partial charge in [-0.3, -0.25) is 4.72 Å². The summed E-state index contributed by atoms with van der Waals surface area (Å²) in [6.07, 6.45) is 0. The predicted octanol–water partition coefficient (Wildman–Crippen LogP) is 4.07. The van der Waals surface area contributed by atoms with Crippen molar-refractivity contribution < 1.29 is 8.42 Å². The molecule has 0 aliphatic carbocycles. The average Bonchev–Trinajstić information content (AvgIpc) is 2.91. The molecule has 4 nitrogen and oxygen atoms in total. The minimum absolute atomic E-state index is 0.280. The summed E-state index contributed by atoms with van der Waals surface area (Å²) < 4.78 is 28.1. The Hall–Kier alpha value is -0.600. The Labute approximate surface area is 141 Å². The van der Waals surface area contributed by atoms with Gasteiger partial charge in [0, 0.05) is 6.54 Å². The number of thiophene rings is 1. The molecular weight excluding hydrogens is 396 g/mol. The van der Waals surface area contributed by atoms with Crippen molar-refractivity contribution in [3.05, 3.63) is 44.7 Å². The maximum absolute atomic E-state index is 12.4. The van der Waals surface area contributed by atoms with Gasteiger partial charge >= 0.3 is 0 Å². The number of nitrogens with one attached hydrogen (secondary N) is 2. The lowest BCUT2D eigenvalue weighted by molar-refractivity contribution is 0.603. The first-order valence-corrected chi connectivity index (χ1v) is 9.72. The van der Waals surface area contributed by atoms with Gasteiger partial charge in [0.05, 0.1) is 15.2 Å². The van der Waals surface area contributed by atoms with Gasteiger partial charge in [0.1, 0.15) is 4.21 Å². The Kier molecular flexibility index (Phi) is 5.67. The smallest absolute Gasteiger partial charge is 0.271 e. The van der Waals surface area contributed by atoms with Crippen LogP contribution in [0.2, 0.25) is 5.02 Å². The van der Waals surface area contributed by atoms with Gasteiger partial charge in [-0.05, 0) is 51.6 Å². The summed E-state index contributed by atoms with van der Waals surface area (Å²) in [5, 5.41) is 5.45. The fourth-order valence-electron chi connectivity index (χ4n) is 1.63. The Bertz CT molecular complexity index is 732. The summed E-state index contributed by atoms with van der Waals surface area (Å²) in [6, 6.07) is 6.70. The summed E-state index contributed by atoms with van der Waals surface area (Å²) in [5.74, 6) is 0. The van der Waals surface area contributed by atoms with Crippen molar-refractivity contribution in [1.82, 2.24) is 5.32 Å². The summed E-state index contributed by atoms with van der Waals surface area (Å²) in [7, 11) is -3.60. The zero-order chi connectivity index (χ0) is 15.5. The number of sulfonamides is 1. The highest BCUT2D eigenvalue weighted by Gasteiger charge is 2.18. The first-order valence-electron chi connectivity index (χ1n) is 6.19. The molecule has 1 aromatic carbocycles. The molecule has 0 saturated heterocycles. The van der Waals surface area contributed by atoms with Crippen LogP contribution in [0.15, 0.2) is 38.3 Å². The summed E-state index contributed by atoms with van der Waals surface area (Å²) in [5.41, 5.74) is 1.37. The van der Waals surface area contributed by atoms with Crippen molar-refractivity contribution in [1.29, 1.82) is 0 Å². The summed E-state index contributed by atoms with van der Waals surface area (Å²) >= 11 is 10.4. The molecule has 0 atom stereocenters. The van der Waals surface area contributed by atoms with Crippen molar-refractivity contribution >= 4 is 54.6 Å². The van der Waals surface area contributed by atoms with E-state index >= 15 is 0 Å². The van der Waals surface area contributed by atoms with Gasteiger partial charge in [0.25, 0.3) is 10.0 Å². The third kappa shape index (κ3) is 4.20. The maximum atomic E-state index is 12.4. The molecule has 0 saturated carbocycles. The number of rotatable bonds is 6. The van der Waals surface area contributed by atoms with Gasteiger partial charge in [0.2, 0.25) is 0 Å². The fourth-order valence-corrected chi connectivity index (χ4v) is 4.58. The average molecular weight is 410 g/mol. The minimum atomic E-state index is -3.60. The van der Waals surface area contributed by atoms with Crippen LogP contribution in [0.25, 0.3) is 0 Å². The van der Waals surface area contributed by atoms with Crippen LogP contribution >= 0.6 is 38.9 Å². The molecule has 2 rings (SSSR count). The van der Waals surface area contributed by atoms with Crippen LogP contribution in [0.3, 0.4) is 0 Å². The number of halogens is 2. The fraction of sp³-hybridized carbons (Fsp3) is 0.231. The second-order valence-electron chi connectivity index (χ2n) is 4.26. The van der Waals surface area contributed by atoms with E-state index in [4.69, 9.17) is 11.6 Å². The number of anilines is 1. The van der Waals surface area contributed by atoms with Crippen LogP contribution in [0, 0.1) is 0 Å². The molecule has 0 spiro atoms. The highest BCUT2D eigenvalue weighted by atomic mass is 79.9. The molecule has 0 radical (unpaired) electrons. The molecule has 2 N–H and O–H groups in total. The lowest BCUT2D eigenvalue weighted by atomic mass is 10.3. The molecule has 114 valence electrons. The van der Waals surface area contributed by atoms with E-state index in [2.05, 4.69) is 26.0 Å². The second kappa shape index (κ2) is 7.11. The first kappa shape index (κ1) is 16.8. The Balaban J connectivity index is 2.22. The molecule has 1 aromatic heterocycles. The van der Waals surface area contributed by atoms with Gasteiger partial charge in [-0.2, -0.15) is 0 Å². The topological polar surface area (TPSA) is 58.2 Å². The van der Waals surface area contributed by atoms with E-state index in [9.17, 15) is 8.42 Å². The first-order chi connectivity index (χ1) is 9.94. The van der Waals surface area contributed by atoms with Gasteiger partial charge in [-0.25, -0.2) is 8.42 Å². The Morgan fingerprint density at radius 1 is 1.38 bits per heavy atom. The SMILES string of the molecule is CCNCc1csc(S(=O)(=O)Nc2cccc(Cl)c2Br)c1. The van der Waals surface area contributed by atoms with Gasteiger partial charge in [-0.1, -0.05) is 24.6 Å². The van der Waals surface area contributed by atoms with Crippen molar-refractivity contribution in [3.63, 3.8) is 0 Å². The van der Waals surface area contributed by atoms with E-state index in [-0.39, 0.29) is 4.21 Å². The molecule has 0 amide bonds. The number of benzene rings is 1. The van der Waals surface area contributed by atoms with E-state index < -0.39 is 10.0 Å². The molecule has 0 fully saturated rings. The third-order valence-corrected chi connectivity index (χ3v) is 6.92. The van der Waals surface area contributed by atoms with E-state index in [0.29, 0.717) is 21.7 Å². The summed E-state index contributed by atoms with van der Waals surface area (Å²) in [6.45, 7) is 3.50. The van der Waals surface area contributed by atoms with Crippen molar-refractivity contribution in [2.45, 2.75) is 17.7 Å². The number of hydrogen-bond acceptors (Lipinski definition) is 4. The highest BCUT2D eigenvalue weighted by molar-refractivity contribution is 9.10. The molecule has 0 aliphatic heterocycles. The van der Waals surface area contributed by atoms with E-state index in [1.165, 1.54) is 11.3 Å².